The van der Waals surface area contributed by atoms with Crippen LogP contribution in [0.2, 0.25) is 0 Å². The number of rotatable bonds is 3. The molecule has 110 valence electrons. The minimum absolute atomic E-state index is 0.0742. The van der Waals surface area contributed by atoms with Crippen molar-refractivity contribution >= 4 is 5.91 Å². The highest BCUT2D eigenvalue weighted by Gasteiger charge is 2.38. The molecule has 1 atom stereocenters. The predicted molar refractivity (Wildman–Crippen MR) is 75.8 cm³/mol. The van der Waals surface area contributed by atoms with Crippen LogP contribution in [0.25, 0.3) is 0 Å². The van der Waals surface area contributed by atoms with Gasteiger partial charge in [0.1, 0.15) is 6.04 Å². The van der Waals surface area contributed by atoms with E-state index in [4.69, 9.17) is 10.5 Å². The quantitative estimate of drug-likeness (QED) is 0.851. The molecule has 19 heavy (non-hydrogen) atoms. The van der Waals surface area contributed by atoms with E-state index in [0.717, 1.165) is 19.5 Å². The van der Waals surface area contributed by atoms with Gasteiger partial charge in [-0.05, 0) is 31.1 Å². The third kappa shape index (κ3) is 3.69. The van der Waals surface area contributed by atoms with E-state index in [-0.39, 0.29) is 5.91 Å². The molecule has 2 aliphatic rings. The molecule has 1 saturated carbocycles. The van der Waals surface area contributed by atoms with E-state index in [1.807, 2.05) is 4.90 Å². The molecule has 0 aromatic rings. The first-order valence-corrected chi connectivity index (χ1v) is 7.70. The normalized spacial score (nSPS) is 25.1. The molecule has 1 amide bonds. The van der Waals surface area contributed by atoms with Crippen LogP contribution in [0.15, 0.2) is 0 Å². The molecule has 1 aliphatic carbocycles. The van der Waals surface area contributed by atoms with E-state index in [1.165, 1.54) is 44.9 Å². The Kier molecular flexibility index (Phi) is 5.22. The summed E-state index contributed by atoms with van der Waals surface area (Å²) in [4.78, 5) is 14.3. The molecule has 0 aromatic heterocycles. The summed E-state index contributed by atoms with van der Waals surface area (Å²) < 4.78 is 5.00. The van der Waals surface area contributed by atoms with E-state index >= 15 is 0 Å². The van der Waals surface area contributed by atoms with Crippen LogP contribution in [-0.4, -0.2) is 43.7 Å². The van der Waals surface area contributed by atoms with E-state index in [9.17, 15) is 4.79 Å². The van der Waals surface area contributed by atoms with Gasteiger partial charge in [-0.25, -0.2) is 0 Å². The average Bonchev–Trinajstić information content (AvgIpc) is 2.64. The number of carbonyl (C=O) groups is 1. The Balaban J connectivity index is 1.97. The van der Waals surface area contributed by atoms with E-state index in [1.54, 1.807) is 7.11 Å². The summed E-state index contributed by atoms with van der Waals surface area (Å²) in [5.41, 5.74) is 6.28. The molecule has 0 aromatic carbocycles. The van der Waals surface area contributed by atoms with Crippen molar-refractivity contribution in [1.82, 2.24) is 4.90 Å². The van der Waals surface area contributed by atoms with Gasteiger partial charge in [0.05, 0.1) is 6.61 Å². The van der Waals surface area contributed by atoms with Crippen LogP contribution in [0.1, 0.15) is 51.4 Å². The van der Waals surface area contributed by atoms with E-state index in [2.05, 4.69) is 0 Å². The molecule has 2 fully saturated rings. The summed E-state index contributed by atoms with van der Waals surface area (Å²) in [5, 5.41) is 0. The zero-order valence-corrected chi connectivity index (χ0v) is 12.2. The number of amides is 1. The lowest BCUT2D eigenvalue weighted by Crippen LogP contribution is -2.52. The smallest absolute Gasteiger partial charge is 0.241 e. The maximum Gasteiger partial charge on any atom is 0.241 e. The van der Waals surface area contributed by atoms with Crippen molar-refractivity contribution < 1.29 is 9.53 Å². The molecule has 0 bridgehead atoms. The standard InChI is InChI=1S/C15H28N2O2/c1-19-11-13(16)14(18)17-10-6-9-15(12-17)7-4-2-3-5-8-15/h13H,2-12,16H2,1H3. The number of methoxy groups -OCH3 is 1. The molecule has 0 radical (unpaired) electrons. The van der Waals surface area contributed by atoms with Gasteiger partial charge in [-0.15, -0.1) is 0 Å². The van der Waals surface area contributed by atoms with Crippen LogP contribution in [0.4, 0.5) is 0 Å². The molecule has 1 unspecified atom stereocenters. The lowest BCUT2D eigenvalue weighted by Gasteiger charge is -2.43. The predicted octanol–water partition coefficient (Wildman–Crippen LogP) is 1.92. The highest BCUT2D eigenvalue weighted by molar-refractivity contribution is 5.82. The summed E-state index contributed by atoms with van der Waals surface area (Å²) >= 11 is 0. The van der Waals surface area contributed by atoms with Gasteiger partial charge < -0.3 is 15.4 Å². The first-order chi connectivity index (χ1) is 9.17. The molecule has 2 N–H and O–H groups in total. The largest absolute Gasteiger partial charge is 0.383 e. The van der Waals surface area contributed by atoms with Crippen LogP contribution >= 0.6 is 0 Å². The van der Waals surface area contributed by atoms with Gasteiger partial charge >= 0.3 is 0 Å². The first-order valence-electron chi connectivity index (χ1n) is 7.70. The molecule has 4 nitrogen and oxygen atoms in total. The maximum absolute atomic E-state index is 12.3. The highest BCUT2D eigenvalue weighted by Crippen LogP contribution is 2.42. The van der Waals surface area contributed by atoms with Crippen LogP contribution in [0, 0.1) is 5.41 Å². The second kappa shape index (κ2) is 6.71. The van der Waals surface area contributed by atoms with Gasteiger partial charge in [0, 0.05) is 20.2 Å². The third-order valence-corrected chi connectivity index (χ3v) is 4.80. The Hall–Kier alpha value is -0.610. The molecule has 1 spiro atoms. The first kappa shape index (κ1) is 14.8. The number of nitrogens with two attached hydrogens (primary N) is 1. The Labute approximate surface area is 116 Å². The van der Waals surface area contributed by atoms with Crippen molar-refractivity contribution in [1.29, 1.82) is 0 Å². The minimum atomic E-state index is -0.495. The van der Waals surface area contributed by atoms with E-state index < -0.39 is 6.04 Å². The summed E-state index contributed by atoms with van der Waals surface area (Å²) in [6.45, 7) is 2.11. The van der Waals surface area contributed by atoms with Gasteiger partial charge in [0.2, 0.25) is 5.91 Å². The average molecular weight is 268 g/mol. The number of nitrogens with zero attached hydrogens (tertiary/aromatic N) is 1. The van der Waals surface area contributed by atoms with Crippen LogP contribution < -0.4 is 5.73 Å². The number of hydrogen-bond acceptors (Lipinski definition) is 3. The molecule has 4 heteroatoms. The molecule has 1 saturated heterocycles. The maximum atomic E-state index is 12.3. The van der Waals surface area contributed by atoms with Crippen LogP contribution in [0.5, 0.6) is 0 Å². The van der Waals surface area contributed by atoms with Crippen molar-refractivity contribution in [2.24, 2.45) is 11.1 Å². The molecule has 1 aliphatic heterocycles. The van der Waals surface area contributed by atoms with Gasteiger partial charge in [-0.2, -0.15) is 0 Å². The fourth-order valence-corrected chi connectivity index (χ4v) is 3.77. The second-order valence-corrected chi connectivity index (χ2v) is 6.34. The number of ether oxygens (including phenoxy) is 1. The number of hydrogen-bond donors (Lipinski definition) is 1. The summed E-state index contributed by atoms with van der Waals surface area (Å²) in [5.74, 6) is 0.0742. The van der Waals surface area contributed by atoms with Gasteiger partial charge in [0.15, 0.2) is 0 Å². The van der Waals surface area contributed by atoms with Crippen molar-refractivity contribution in [3.8, 4) is 0 Å². The number of piperidine rings is 1. The van der Waals surface area contributed by atoms with Crippen molar-refractivity contribution in [3.05, 3.63) is 0 Å². The molecular weight excluding hydrogens is 240 g/mol. The van der Waals surface area contributed by atoms with Crippen molar-refractivity contribution in [2.45, 2.75) is 57.4 Å². The van der Waals surface area contributed by atoms with Crippen LogP contribution in [-0.2, 0) is 9.53 Å². The fourth-order valence-electron chi connectivity index (χ4n) is 3.77. The summed E-state index contributed by atoms with van der Waals surface area (Å²) in [7, 11) is 1.59. The molecular formula is C15H28N2O2. The highest BCUT2D eigenvalue weighted by atomic mass is 16.5. The second-order valence-electron chi connectivity index (χ2n) is 6.34. The van der Waals surface area contributed by atoms with Crippen molar-refractivity contribution in [2.75, 3.05) is 26.8 Å². The monoisotopic (exact) mass is 268 g/mol. The van der Waals surface area contributed by atoms with E-state index in [0.29, 0.717) is 12.0 Å². The lowest BCUT2D eigenvalue weighted by molar-refractivity contribution is -0.137. The van der Waals surface area contributed by atoms with Crippen molar-refractivity contribution in [3.63, 3.8) is 0 Å². The number of carbonyl (C=O) groups excluding carboxylic acids is 1. The minimum Gasteiger partial charge on any atom is -0.383 e. The molecule has 1 heterocycles. The Morgan fingerprint density at radius 2 is 1.84 bits per heavy atom. The Morgan fingerprint density at radius 3 is 2.47 bits per heavy atom. The fraction of sp³-hybridized carbons (Fsp3) is 0.933. The van der Waals surface area contributed by atoms with Gasteiger partial charge in [0.25, 0.3) is 0 Å². The molecule has 2 rings (SSSR count). The van der Waals surface area contributed by atoms with Crippen LogP contribution in [0.3, 0.4) is 0 Å². The van der Waals surface area contributed by atoms with Gasteiger partial charge in [-0.1, -0.05) is 25.7 Å². The lowest BCUT2D eigenvalue weighted by atomic mass is 9.74. The summed E-state index contributed by atoms with van der Waals surface area (Å²) in [6, 6.07) is -0.495. The third-order valence-electron chi connectivity index (χ3n) is 4.80. The zero-order chi connectivity index (χ0) is 13.7. The number of likely N-dealkylation sites (tertiary alicyclic amines) is 1. The topological polar surface area (TPSA) is 55.6 Å². The SMILES string of the molecule is COCC(N)C(=O)N1CCCC2(CCCCCC2)C1. The summed E-state index contributed by atoms with van der Waals surface area (Å²) in [6.07, 6.45) is 10.4. The Morgan fingerprint density at radius 1 is 1.21 bits per heavy atom. The Bertz CT molecular complexity index is 299. The van der Waals surface area contributed by atoms with Gasteiger partial charge in [-0.3, -0.25) is 4.79 Å². The zero-order valence-electron chi connectivity index (χ0n) is 12.2.